The molecule has 0 bridgehead atoms. The molecule has 3 N–H and O–H groups in total. The van der Waals surface area contributed by atoms with E-state index in [1.165, 1.54) is 6.07 Å². The summed E-state index contributed by atoms with van der Waals surface area (Å²) in [6.07, 6.45) is -3.80. The number of nitrogens with zero attached hydrogens (tertiary/aromatic N) is 1. The van der Waals surface area contributed by atoms with Crippen molar-refractivity contribution >= 4 is 11.0 Å². The number of alkyl halides is 3. The van der Waals surface area contributed by atoms with Gasteiger partial charge in [0.05, 0.1) is 16.6 Å². The van der Waals surface area contributed by atoms with Gasteiger partial charge in [-0.25, -0.2) is 4.98 Å². The molecule has 0 radical (unpaired) electrons. The molecule has 2 aromatic rings. The van der Waals surface area contributed by atoms with Crippen molar-refractivity contribution < 1.29 is 13.2 Å². The third-order valence-corrected chi connectivity index (χ3v) is 2.24. The van der Waals surface area contributed by atoms with Gasteiger partial charge >= 0.3 is 6.18 Å². The maximum Gasteiger partial charge on any atom is 0.416 e. The summed E-state index contributed by atoms with van der Waals surface area (Å²) in [6.45, 7) is 0.409. The highest BCUT2D eigenvalue weighted by Crippen LogP contribution is 2.30. The number of benzene rings is 1. The Balaban J connectivity index is 2.46. The van der Waals surface area contributed by atoms with Crippen LogP contribution in [-0.4, -0.2) is 16.5 Å². The molecule has 0 fully saturated rings. The first kappa shape index (κ1) is 10.9. The maximum absolute atomic E-state index is 12.4. The largest absolute Gasteiger partial charge is 0.416 e. The summed E-state index contributed by atoms with van der Waals surface area (Å²) in [5.74, 6) is 0.608. The topological polar surface area (TPSA) is 54.7 Å². The minimum absolute atomic E-state index is 0.387. The Labute approximate surface area is 89.5 Å². The summed E-state index contributed by atoms with van der Waals surface area (Å²) in [7, 11) is 0. The number of rotatable bonds is 2. The van der Waals surface area contributed by atoms with E-state index in [9.17, 15) is 13.2 Å². The fourth-order valence-electron chi connectivity index (χ4n) is 1.49. The number of imidazole rings is 1. The molecule has 1 heterocycles. The van der Waals surface area contributed by atoms with E-state index in [0.717, 1.165) is 12.1 Å². The highest BCUT2D eigenvalue weighted by atomic mass is 19.4. The van der Waals surface area contributed by atoms with Crippen molar-refractivity contribution in [1.82, 2.24) is 9.97 Å². The molecule has 0 spiro atoms. The van der Waals surface area contributed by atoms with Crippen LogP contribution < -0.4 is 5.73 Å². The molecule has 2 rings (SSSR count). The van der Waals surface area contributed by atoms with Gasteiger partial charge in [0.2, 0.25) is 0 Å². The molecule has 6 heteroatoms. The van der Waals surface area contributed by atoms with Crippen molar-refractivity contribution in [3.8, 4) is 0 Å². The smallest absolute Gasteiger partial charge is 0.342 e. The SMILES string of the molecule is NCCc1nc2ccc(C(F)(F)F)cc2[nH]1. The lowest BCUT2D eigenvalue weighted by atomic mass is 10.2. The molecule has 0 amide bonds. The average Bonchev–Trinajstić information content (AvgIpc) is 2.57. The van der Waals surface area contributed by atoms with Crippen molar-refractivity contribution in [2.45, 2.75) is 12.6 Å². The quantitative estimate of drug-likeness (QED) is 0.828. The number of aromatic amines is 1. The molecule has 0 atom stereocenters. The maximum atomic E-state index is 12.4. The number of fused-ring (bicyclic) bond motifs is 1. The molecule has 1 aromatic heterocycles. The molecule has 0 saturated heterocycles. The number of hydrogen-bond donors (Lipinski definition) is 2. The van der Waals surface area contributed by atoms with Crippen LogP contribution in [0.2, 0.25) is 0 Å². The van der Waals surface area contributed by atoms with E-state index < -0.39 is 11.7 Å². The van der Waals surface area contributed by atoms with Gasteiger partial charge in [0.1, 0.15) is 5.82 Å². The summed E-state index contributed by atoms with van der Waals surface area (Å²) >= 11 is 0. The van der Waals surface area contributed by atoms with Gasteiger partial charge in [-0.2, -0.15) is 13.2 Å². The summed E-state index contributed by atoms with van der Waals surface area (Å²) in [4.78, 5) is 6.94. The van der Waals surface area contributed by atoms with E-state index in [0.29, 0.717) is 29.8 Å². The van der Waals surface area contributed by atoms with Gasteiger partial charge < -0.3 is 10.7 Å². The number of aromatic nitrogens is 2. The Kier molecular flexibility index (Phi) is 2.59. The van der Waals surface area contributed by atoms with Gasteiger partial charge in [-0.3, -0.25) is 0 Å². The van der Waals surface area contributed by atoms with E-state index in [2.05, 4.69) is 9.97 Å². The zero-order valence-electron chi connectivity index (χ0n) is 8.30. The lowest BCUT2D eigenvalue weighted by Gasteiger charge is -2.05. The molecule has 16 heavy (non-hydrogen) atoms. The first-order valence-electron chi connectivity index (χ1n) is 4.76. The van der Waals surface area contributed by atoms with Gasteiger partial charge in [-0.15, -0.1) is 0 Å². The van der Waals surface area contributed by atoms with E-state index in [1.54, 1.807) is 0 Å². The number of nitrogens with two attached hydrogens (primary N) is 1. The number of halogens is 3. The van der Waals surface area contributed by atoms with Crippen molar-refractivity contribution in [1.29, 1.82) is 0 Å². The van der Waals surface area contributed by atoms with Crippen molar-refractivity contribution in [3.63, 3.8) is 0 Å². The fraction of sp³-hybridized carbons (Fsp3) is 0.300. The number of nitrogens with one attached hydrogen (secondary N) is 1. The zero-order valence-corrected chi connectivity index (χ0v) is 8.30. The summed E-state index contributed by atoms with van der Waals surface area (Å²) in [5, 5.41) is 0. The van der Waals surface area contributed by atoms with Gasteiger partial charge in [-0.1, -0.05) is 0 Å². The summed E-state index contributed by atoms with van der Waals surface area (Å²) in [5.41, 5.74) is 5.58. The second-order valence-electron chi connectivity index (χ2n) is 3.45. The molecule has 0 saturated carbocycles. The first-order chi connectivity index (χ1) is 7.50. The van der Waals surface area contributed by atoms with Crippen LogP contribution in [0.4, 0.5) is 13.2 Å². The molecule has 0 aliphatic carbocycles. The Bertz CT molecular complexity index is 501. The highest BCUT2D eigenvalue weighted by Gasteiger charge is 2.30. The van der Waals surface area contributed by atoms with Crippen molar-refractivity contribution in [2.24, 2.45) is 5.73 Å². The number of H-pyrrole nitrogens is 1. The first-order valence-corrected chi connectivity index (χ1v) is 4.76. The van der Waals surface area contributed by atoms with Crippen LogP contribution in [0.3, 0.4) is 0 Å². The van der Waals surface area contributed by atoms with Gasteiger partial charge in [0.15, 0.2) is 0 Å². The van der Waals surface area contributed by atoms with E-state index in [4.69, 9.17) is 5.73 Å². The monoisotopic (exact) mass is 229 g/mol. The van der Waals surface area contributed by atoms with Crippen molar-refractivity contribution in [2.75, 3.05) is 6.54 Å². The van der Waals surface area contributed by atoms with Crippen LogP contribution in [0.5, 0.6) is 0 Å². The van der Waals surface area contributed by atoms with E-state index >= 15 is 0 Å². The molecule has 0 unspecified atom stereocenters. The van der Waals surface area contributed by atoms with Crippen LogP contribution in [0.15, 0.2) is 18.2 Å². The highest BCUT2D eigenvalue weighted by molar-refractivity contribution is 5.76. The molecule has 86 valence electrons. The zero-order chi connectivity index (χ0) is 11.8. The Morgan fingerprint density at radius 1 is 1.31 bits per heavy atom. The fourth-order valence-corrected chi connectivity index (χ4v) is 1.49. The van der Waals surface area contributed by atoms with Crippen LogP contribution in [0.1, 0.15) is 11.4 Å². The second kappa shape index (κ2) is 3.79. The third kappa shape index (κ3) is 2.01. The summed E-state index contributed by atoms with van der Waals surface area (Å²) < 4.78 is 37.2. The van der Waals surface area contributed by atoms with Crippen LogP contribution in [0, 0.1) is 0 Å². The Morgan fingerprint density at radius 3 is 2.69 bits per heavy atom. The molecule has 1 aromatic carbocycles. The Morgan fingerprint density at radius 2 is 2.06 bits per heavy atom. The average molecular weight is 229 g/mol. The van der Waals surface area contributed by atoms with Crippen LogP contribution in [0.25, 0.3) is 11.0 Å². The van der Waals surface area contributed by atoms with Crippen LogP contribution in [-0.2, 0) is 12.6 Å². The Hall–Kier alpha value is -1.56. The summed E-state index contributed by atoms with van der Waals surface area (Å²) in [6, 6.07) is 3.44. The van der Waals surface area contributed by atoms with E-state index in [1.807, 2.05) is 0 Å². The van der Waals surface area contributed by atoms with Crippen molar-refractivity contribution in [3.05, 3.63) is 29.6 Å². The predicted molar refractivity (Wildman–Crippen MR) is 53.9 cm³/mol. The molecule has 0 aliphatic rings. The molecular formula is C10H10F3N3. The lowest BCUT2D eigenvalue weighted by molar-refractivity contribution is -0.137. The van der Waals surface area contributed by atoms with Gasteiger partial charge in [0, 0.05) is 6.42 Å². The molecule has 3 nitrogen and oxygen atoms in total. The third-order valence-electron chi connectivity index (χ3n) is 2.24. The van der Waals surface area contributed by atoms with Gasteiger partial charge in [-0.05, 0) is 24.7 Å². The normalized spacial score (nSPS) is 12.2. The molecule has 0 aliphatic heterocycles. The lowest BCUT2D eigenvalue weighted by Crippen LogP contribution is -2.04. The molecular weight excluding hydrogens is 219 g/mol. The number of hydrogen-bond acceptors (Lipinski definition) is 2. The minimum atomic E-state index is -4.33. The standard InChI is InChI=1S/C10H10F3N3/c11-10(12,13)6-1-2-7-8(5-6)16-9(15-7)3-4-14/h1-2,5H,3-4,14H2,(H,15,16). The second-order valence-corrected chi connectivity index (χ2v) is 3.45. The predicted octanol–water partition coefficient (Wildman–Crippen LogP) is 2.08. The minimum Gasteiger partial charge on any atom is -0.342 e. The van der Waals surface area contributed by atoms with Gasteiger partial charge in [0.25, 0.3) is 0 Å². The van der Waals surface area contributed by atoms with E-state index in [-0.39, 0.29) is 0 Å². The van der Waals surface area contributed by atoms with Crippen LogP contribution >= 0.6 is 0 Å².